The van der Waals surface area contributed by atoms with E-state index in [1.54, 1.807) is 13.0 Å². The van der Waals surface area contributed by atoms with Crippen LogP contribution in [0.4, 0.5) is 5.69 Å². The molecule has 17 heavy (non-hydrogen) atoms. The van der Waals surface area contributed by atoms with Gasteiger partial charge in [0, 0.05) is 18.8 Å². The van der Waals surface area contributed by atoms with Crippen LogP contribution in [0.1, 0.15) is 26.3 Å². The van der Waals surface area contributed by atoms with Gasteiger partial charge in [-0.3, -0.25) is 4.79 Å². The minimum Gasteiger partial charge on any atom is -0.319 e. The molecule has 0 heterocycles. The Bertz CT molecular complexity index is 378. The first-order valence-corrected chi connectivity index (χ1v) is 5.96. The van der Waals surface area contributed by atoms with Gasteiger partial charge in [0.15, 0.2) is 5.78 Å². The van der Waals surface area contributed by atoms with Gasteiger partial charge in [0.2, 0.25) is 0 Å². The van der Waals surface area contributed by atoms with Gasteiger partial charge in [-0.05, 0) is 30.7 Å². The highest BCUT2D eigenvalue weighted by Gasteiger charge is 1.98. The monoisotopic (exact) mass is 232 g/mol. The minimum absolute atomic E-state index is 0.0651. The van der Waals surface area contributed by atoms with Gasteiger partial charge in [-0.2, -0.15) is 0 Å². The topological polar surface area (TPSA) is 32.3 Å². The van der Waals surface area contributed by atoms with Gasteiger partial charge in [0.25, 0.3) is 0 Å². The van der Waals surface area contributed by atoms with E-state index in [9.17, 15) is 4.79 Å². The molecule has 3 heteroatoms. The largest absolute Gasteiger partial charge is 0.319 e. The summed E-state index contributed by atoms with van der Waals surface area (Å²) >= 11 is 0. The number of rotatable bonds is 6. The maximum atomic E-state index is 10.8. The molecule has 0 aliphatic carbocycles. The predicted molar refractivity (Wildman–Crippen MR) is 72.7 cm³/mol. The lowest BCUT2D eigenvalue weighted by atomic mass is 10.2. The van der Waals surface area contributed by atoms with Crippen molar-refractivity contribution in [2.45, 2.75) is 20.8 Å². The molecular formula is C14H20N2O. The molecule has 0 aliphatic rings. The normalized spacial score (nSPS) is 11.1. The average Bonchev–Trinajstić information content (AvgIpc) is 2.34. The highest BCUT2D eigenvalue weighted by Crippen LogP contribution is 2.11. The molecule has 0 spiro atoms. The van der Waals surface area contributed by atoms with E-state index in [0.29, 0.717) is 0 Å². The van der Waals surface area contributed by atoms with E-state index < -0.39 is 0 Å². The Labute approximate surface area is 103 Å². The summed E-state index contributed by atoms with van der Waals surface area (Å²) in [5.41, 5.74) is 5.41. The second-order valence-electron chi connectivity index (χ2n) is 3.85. The molecule has 0 aliphatic heterocycles. The lowest BCUT2D eigenvalue weighted by molar-refractivity contribution is -0.112. The van der Waals surface area contributed by atoms with Crippen LogP contribution in [-0.2, 0) is 4.79 Å². The number of carbonyl (C=O) groups is 1. The number of carbonyl (C=O) groups excluding carboxylic acids is 1. The van der Waals surface area contributed by atoms with Crippen molar-refractivity contribution >= 4 is 17.5 Å². The molecule has 0 unspecified atom stereocenters. The molecule has 1 N–H and O–H groups in total. The molecule has 0 atom stereocenters. The van der Waals surface area contributed by atoms with Gasteiger partial charge < -0.3 is 5.43 Å². The summed E-state index contributed by atoms with van der Waals surface area (Å²) in [6, 6.07) is 8.01. The van der Waals surface area contributed by atoms with Gasteiger partial charge in [-0.25, -0.2) is 5.01 Å². The highest BCUT2D eigenvalue weighted by molar-refractivity contribution is 5.91. The van der Waals surface area contributed by atoms with E-state index in [1.807, 2.05) is 30.3 Å². The first kappa shape index (κ1) is 13.5. The Morgan fingerprint density at radius 1 is 1.24 bits per heavy atom. The van der Waals surface area contributed by atoms with Crippen LogP contribution in [0.3, 0.4) is 0 Å². The summed E-state index contributed by atoms with van der Waals surface area (Å²) in [5, 5.41) is 2.13. The van der Waals surface area contributed by atoms with E-state index in [1.165, 1.54) is 0 Å². The molecule has 0 radical (unpaired) electrons. The standard InChI is InChI=1S/C14H20N2O/c1-4-16(5-2)15-14-10-8-13(9-11-14)7-6-12(3)17/h6-11,15H,4-5H2,1-3H3. The first-order valence-electron chi connectivity index (χ1n) is 5.96. The molecule has 3 nitrogen and oxygen atoms in total. The number of hydrogen-bond donors (Lipinski definition) is 1. The molecule has 0 aromatic heterocycles. The molecule has 0 saturated heterocycles. The quantitative estimate of drug-likeness (QED) is 0.604. The van der Waals surface area contributed by atoms with Crippen LogP contribution in [0.15, 0.2) is 30.3 Å². The molecular weight excluding hydrogens is 212 g/mol. The SMILES string of the molecule is CCN(CC)Nc1ccc(C=CC(C)=O)cc1. The van der Waals surface area contributed by atoms with Crippen molar-refractivity contribution < 1.29 is 4.79 Å². The number of benzene rings is 1. The van der Waals surface area contributed by atoms with E-state index in [0.717, 1.165) is 24.3 Å². The third kappa shape index (κ3) is 4.83. The molecule has 1 aromatic carbocycles. The Balaban J connectivity index is 2.64. The second-order valence-corrected chi connectivity index (χ2v) is 3.85. The zero-order valence-electron chi connectivity index (χ0n) is 10.7. The summed E-state index contributed by atoms with van der Waals surface area (Å²) in [5.74, 6) is 0.0651. The fraction of sp³-hybridized carbons (Fsp3) is 0.357. The van der Waals surface area contributed by atoms with Crippen molar-refractivity contribution in [2.24, 2.45) is 0 Å². The Morgan fingerprint density at radius 3 is 2.29 bits per heavy atom. The summed E-state index contributed by atoms with van der Waals surface area (Å²) in [7, 11) is 0. The Morgan fingerprint density at radius 2 is 1.82 bits per heavy atom. The smallest absolute Gasteiger partial charge is 0.152 e. The predicted octanol–water partition coefficient (Wildman–Crippen LogP) is 2.96. The number of ketones is 1. The van der Waals surface area contributed by atoms with Gasteiger partial charge in [-0.15, -0.1) is 0 Å². The van der Waals surface area contributed by atoms with Gasteiger partial charge in [0.1, 0.15) is 0 Å². The lowest BCUT2D eigenvalue weighted by Gasteiger charge is -2.20. The summed E-state index contributed by atoms with van der Waals surface area (Å²) < 4.78 is 0. The van der Waals surface area contributed by atoms with Crippen LogP contribution in [0.5, 0.6) is 0 Å². The summed E-state index contributed by atoms with van der Waals surface area (Å²) in [6.45, 7) is 7.69. The highest BCUT2D eigenvalue weighted by atomic mass is 16.1. The minimum atomic E-state index is 0.0651. The van der Waals surface area contributed by atoms with Crippen LogP contribution in [-0.4, -0.2) is 23.9 Å². The number of allylic oxidation sites excluding steroid dienone is 1. The van der Waals surface area contributed by atoms with Crippen molar-refractivity contribution in [3.05, 3.63) is 35.9 Å². The average molecular weight is 232 g/mol. The number of hydrogen-bond acceptors (Lipinski definition) is 3. The molecule has 92 valence electrons. The maximum absolute atomic E-state index is 10.8. The first-order chi connectivity index (χ1) is 8.15. The third-order valence-corrected chi connectivity index (χ3v) is 2.47. The van der Waals surface area contributed by atoms with Gasteiger partial charge >= 0.3 is 0 Å². The van der Waals surface area contributed by atoms with Crippen LogP contribution < -0.4 is 5.43 Å². The van der Waals surface area contributed by atoms with Crippen LogP contribution in [0.25, 0.3) is 6.08 Å². The molecule has 1 rings (SSSR count). The van der Waals surface area contributed by atoms with Crippen molar-refractivity contribution in [3.8, 4) is 0 Å². The maximum Gasteiger partial charge on any atom is 0.152 e. The lowest BCUT2D eigenvalue weighted by Crippen LogP contribution is -2.29. The fourth-order valence-electron chi connectivity index (χ4n) is 1.45. The number of anilines is 1. The van der Waals surface area contributed by atoms with Crippen molar-refractivity contribution in [3.63, 3.8) is 0 Å². The number of nitrogens with zero attached hydrogens (tertiary/aromatic N) is 1. The number of nitrogens with one attached hydrogen (secondary N) is 1. The van der Waals surface area contributed by atoms with Crippen molar-refractivity contribution in [1.29, 1.82) is 0 Å². The third-order valence-electron chi connectivity index (χ3n) is 2.47. The molecule has 0 saturated carbocycles. The van der Waals surface area contributed by atoms with Gasteiger partial charge in [0.05, 0.1) is 0 Å². The zero-order chi connectivity index (χ0) is 12.7. The molecule has 0 amide bonds. The van der Waals surface area contributed by atoms with Crippen LogP contribution in [0.2, 0.25) is 0 Å². The van der Waals surface area contributed by atoms with Crippen molar-refractivity contribution in [1.82, 2.24) is 5.01 Å². The fourth-order valence-corrected chi connectivity index (χ4v) is 1.45. The Kier molecular flexibility index (Phi) is 5.43. The summed E-state index contributed by atoms with van der Waals surface area (Å²) in [6.07, 6.45) is 3.40. The van der Waals surface area contributed by atoms with Crippen molar-refractivity contribution in [2.75, 3.05) is 18.5 Å². The van der Waals surface area contributed by atoms with E-state index in [-0.39, 0.29) is 5.78 Å². The van der Waals surface area contributed by atoms with E-state index in [4.69, 9.17) is 0 Å². The summed E-state index contributed by atoms with van der Waals surface area (Å²) in [4.78, 5) is 10.8. The Hall–Kier alpha value is -1.61. The van der Waals surface area contributed by atoms with Crippen LogP contribution >= 0.6 is 0 Å². The van der Waals surface area contributed by atoms with Gasteiger partial charge in [-0.1, -0.05) is 32.1 Å². The molecule has 0 fully saturated rings. The van der Waals surface area contributed by atoms with Crippen LogP contribution in [0, 0.1) is 0 Å². The zero-order valence-corrected chi connectivity index (χ0v) is 10.7. The van der Waals surface area contributed by atoms with E-state index >= 15 is 0 Å². The van der Waals surface area contributed by atoms with E-state index in [2.05, 4.69) is 24.3 Å². The molecule has 1 aromatic rings. The second kappa shape index (κ2) is 6.86. The molecule has 0 bridgehead atoms. The number of hydrazine groups is 1.